The van der Waals surface area contributed by atoms with E-state index in [1.807, 2.05) is 164 Å². The summed E-state index contributed by atoms with van der Waals surface area (Å²) in [5.41, 5.74) is 9.89. The topological polar surface area (TPSA) is 101 Å². The summed E-state index contributed by atoms with van der Waals surface area (Å²) in [6.07, 6.45) is 0. The molecule has 0 N–H and O–H groups in total. The van der Waals surface area contributed by atoms with Gasteiger partial charge in [0.05, 0.1) is 33.7 Å². The van der Waals surface area contributed by atoms with Crippen molar-refractivity contribution in [1.82, 2.24) is 29.9 Å². The van der Waals surface area contributed by atoms with Gasteiger partial charge in [0.1, 0.15) is 11.6 Å². The molecule has 7 heteroatoms. The van der Waals surface area contributed by atoms with Crippen LogP contribution in [-0.4, -0.2) is 29.9 Å². The maximum absolute atomic E-state index is 10.7. The van der Waals surface area contributed by atoms with Crippen LogP contribution in [0.3, 0.4) is 0 Å². The number of nitriles is 1. The molecular weight excluding hydrogens is 687 g/mol. The molecule has 260 valence electrons. The van der Waals surface area contributed by atoms with E-state index in [-0.39, 0.29) is 0 Å². The van der Waals surface area contributed by atoms with Gasteiger partial charge in [0.15, 0.2) is 17.5 Å². The third kappa shape index (κ3) is 5.79. The summed E-state index contributed by atoms with van der Waals surface area (Å²) in [5.74, 6) is 1.71. The van der Waals surface area contributed by atoms with Crippen molar-refractivity contribution in [2.45, 2.75) is 0 Å². The lowest BCUT2D eigenvalue weighted by Gasteiger charge is -2.16. The number of benzene rings is 7. The summed E-state index contributed by atoms with van der Waals surface area (Å²) in [6.45, 7) is 0. The first-order chi connectivity index (χ1) is 27.7. The highest BCUT2D eigenvalue weighted by Crippen LogP contribution is 2.41. The first kappa shape index (κ1) is 32.7. The van der Waals surface area contributed by atoms with E-state index in [1.165, 1.54) is 0 Å². The molecule has 10 aromatic rings. The van der Waals surface area contributed by atoms with Crippen molar-refractivity contribution in [1.29, 1.82) is 5.26 Å². The quantitative estimate of drug-likeness (QED) is 0.158. The molecule has 3 heterocycles. The molecular formula is C49H29N7. The molecule has 0 unspecified atom stereocenters. The van der Waals surface area contributed by atoms with Gasteiger partial charge in [-0.25, -0.2) is 29.9 Å². The SMILES string of the molecule is N#Cc1cc2c(-c3cccc(-c4nc(-c5ccccc5)nc(-c5ccccc5)n4)c3)nc3ccccc3c2c2nc(-c3ccccc3)c(-c3ccccc3)nc12. The molecule has 0 spiro atoms. The van der Waals surface area contributed by atoms with Crippen molar-refractivity contribution in [3.05, 3.63) is 181 Å². The maximum Gasteiger partial charge on any atom is 0.164 e. The van der Waals surface area contributed by atoms with Gasteiger partial charge >= 0.3 is 0 Å². The molecule has 7 nitrogen and oxygen atoms in total. The number of pyridine rings is 1. The minimum absolute atomic E-state index is 0.420. The Labute approximate surface area is 322 Å². The Morgan fingerprint density at radius 1 is 0.339 bits per heavy atom. The summed E-state index contributed by atoms with van der Waals surface area (Å²) < 4.78 is 0. The predicted octanol–water partition coefficient (Wildman–Crippen LogP) is 11.4. The summed E-state index contributed by atoms with van der Waals surface area (Å²) in [7, 11) is 0. The average Bonchev–Trinajstić information content (AvgIpc) is 3.29. The Morgan fingerprint density at radius 3 is 1.38 bits per heavy atom. The first-order valence-corrected chi connectivity index (χ1v) is 18.3. The zero-order valence-corrected chi connectivity index (χ0v) is 29.9. The molecule has 10 rings (SSSR count). The van der Waals surface area contributed by atoms with Gasteiger partial charge in [-0.05, 0) is 18.2 Å². The molecule has 0 aliphatic carbocycles. The van der Waals surface area contributed by atoms with Crippen LogP contribution in [0.15, 0.2) is 176 Å². The van der Waals surface area contributed by atoms with E-state index < -0.39 is 0 Å². The van der Waals surface area contributed by atoms with Crippen LogP contribution in [0.5, 0.6) is 0 Å². The molecule has 0 amide bonds. The fourth-order valence-corrected chi connectivity index (χ4v) is 7.28. The first-order valence-electron chi connectivity index (χ1n) is 18.3. The summed E-state index contributed by atoms with van der Waals surface area (Å²) in [5, 5.41) is 13.3. The largest absolute Gasteiger partial charge is 0.247 e. The van der Waals surface area contributed by atoms with Crippen LogP contribution in [-0.2, 0) is 0 Å². The van der Waals surface area contributed by atoms with Gasteiger partial charge in [-0.3, -0.25) is 0 Å². The molecule has 0 atom stereocenters. The van der Waals surface area contributed by atoms with Gasteiger partial charge in [-0.2, -0.15) is 5.26 Å². The molecule has 0 fully saturated rings. The molecule has 0 bridgehead atoms. The fraction of sp³-hybridized carbons (Fsp3) is 0. The molecule has 56 heavy (non-hydrogen) atoms. The third-order valence-electron chi connectivity index (χ3n) is 9.92. The number of hydrogen-bond acceptors (Lipinski definition) is 7. The highest BCUT2D eigenvalue weighted by atomic mass is 15.0. The van der Waals surface area contributed by atoms with Gasteiger partial charge in [0, 0.05) is 49.5 Å². The van der Waals surface area contributed by atoms with Gasteiger partial charge in [-0.15, -0.1) is 0 Å². The van der Waals surface area contributed by atoms with Crippen LogP contribution < -0.4 is 0 Å². The van der Waals surface area contributed by atoms with Crippen LogP contribution in [0.4, 0.5) is 0 Å². The number of para-hydroxylation sites is 1. The number of fused-ring (bicyclic) bond motifs is 5. The Kier molecular flexibility index (Phi) is 8.05. The molecule has 0 radical (unpaired) electrons. The van der Waals surface area contributed by atoms with E-state index in [9.17, 15) is 5.26 Å². The predicted molar refractivity (Wildman–Crippen MR) is 223 cm³/mol. The minimum atomic E-state index is 0.420. The summed E-state index contributed by atoms with van der Waals surface area (Å²) >= 11 is 0. The van der Waals surface area contributed by atoms with Gasteiger partial charge in [-0.1, -0.05) is 158 Å². The molecule has 7 aromatic carbocycles. The molecule has 0 aliphatic heterocycles. The molecule has 0 saturated heterocycles. The van der Waals surface area contributed by atoms with E-state index >= 15 is 0 Å². The van der Waals surface area contributed by atoms with E-state index in [1.54, 1.807) is 0 Å². The van der Waals surface area contributed by atoms with Crippen LogP contribution in [0.25, 0.3) is 101 Å². The van der Waals surface area contributed by atoms with Gasteiger partial charge < -0.3 is 0 Å². The second-order valence-corrected chi connectivity index (χ2v) is 13.4. The highest BCUT2D eigenvalue weighted by Gasteiger charge is 2.22. The smallest absolute Gasteiger partial charge is 0.164 e. The van der Waals surface area contributed by atoms with Crippen molar-refractivity contribution >= 4 is 32.7 Å². The molecule has 0 aliphatic rings. The Balaban J connectivity index is 1.23. The van der Waals surface area contributed by atoms with Crippen molar-refractivity contribution < 1.29 is 0 Å². The van der Waals surface area contributed by atoms with Crippen molar-refractivity contribution in [3.63, 3.8) is 0 Å². The van der Waals surface area contributed by atoms with Crippen molar-refractivity contribution in [2.24, 2.45) is 0 Å². The van der Waals surface area contributed by atoms with E-state index in [0.717, 1.165) is 66.4 Å². The van der Waals surface area contributed by atoms with Crippen LogP contribution >= 0.6 is 0 Å². The van der Waals surface area contributed by atoms with Gasteiger partial charge in [0.2, 0.25) is 0 Å². The van der Waals surface area contributed by atoms with E-state index in [0.29, 0.717) is 39.8 Å². The monoisotopic (exact) mass is 715 g/mol. The maximum atomic E-state index is 10.7. The minimum Gasteiger partial charge on any atom is -0.247 e. The summed E-state index contributed by atoms with van der Waals surface area (Å²) in [6, 6.07) is 60.5. The standard InChI is InChI=1S/C49H29N7/c50-30-37-29-39-41(46-45(37)52-43(31-16-5-1-6-17-31)44(53-46)32-18-7-2-8-19-32)38-26-13-14-27-40(38)51-42(39)35-24-15-25-36(28-35)49-55-47(33-20-9-3-10-21-33)54-48(56-49)34-22-11-4-12-23-34/h1-29H. The van der Waals surface area contributed by atoms with Crippen molar-refractivity contribution in [3.8, 4) is 74.0 Å². The number of nitrogens with zero attached hydrogens (tertiary/aromatic N) is 7. The zero-order chi connectivity index (χ0) is 37.4. The van der Waals surface area contributed by atoms with Crippen LogP contribution in [0.2, 0.25) is 0 Å². The van der Waals surface area contributed by atoms with Crippen molar-refractivity contribution in [2.75, 3.05) is 0 Å². The lowest BCUT2D eigenvalue weighted by molar-refractivity contribution is 1.07. The fourth-order valence-electron chi connectivity index (χ4n) is 7.28. The molecule has 3 aromatic heterocycles. The third-order valence-corrected chi connectivity index (χ3v) is 9.92. The zero-order valence-electron chi connectivity index (χ0n) is 29.9. The van der Waals surface area contributed by atoms with E-state index in [2.05, 4.69) is 18.2 Å². The Bertz CT molecular complexity index is 3070. The average molecular weight is 716 g/mol. The lowest BCUT2D eigenvalue weighted by atomic mass is 9.95. The van der Waals surface area contributed by atoms with Crippen LogP contribution in [0, 0.1) is 11.3 Å². The summed E-state index contributed by atoms with van der Waals surface area (Å²) in [4.78, 5) is 30.8. The lowest BCUT2D eigenvalue weighted by Crippen LogP contribution is -2.01. The number of aromatic nitrogens is 6. The Hall–Kier alpha value is -7.95. The van der Waals surface area contributed by atoms with Gasteiger partial charge in [0.25, 0.3) is 0 Å². The number of hydrogen-bond donors (Lipinski definition) is 0. The van der Waals surface area contributed by atoms with Crippen LogP contribution in [0.1, 0.15) is 5.56 Å². The normalized spacial score (nSPS) is 11.2. The molecule has 0 saturated carbocycles. The second kappa shape index (κ2) is 13.8. The highest BCUT2D eigenvalue weighted by molar-refractivity contribution is 6.22. The second-order valence-electron chi connectivity index (χ2n) is 13.4. The Morgan fingerprint density at radius 2 is 0.804 bits per heavy atom. The number of rotatable bonds is 6. The van der Waals surface area contributed by atoms with E-state index in [4.69, 9.17) is 29.9 Å².